The first-order valence-corrected chi connectivity index (χ1v) is 8.10. The van der Waals surface area contributed by atoms with Gasteiger partial charge in [-0.05, 0) is 48.3 Å². The Hall–Kier alpha value is -2.73. The van der Waals surface area contributed by atoms with Crippen molar-refractivity contribution >= 4 is 28.8 Å². The molecule has 6 heteroatoms. The molecule has 114 valence electrons. The van der Waals surface area contributed by atoms with Gasteiger partial charge in [-0.3, -0.25) is 9.69 Å². The van der Waals surface area contributed by atoms with Gasteiger partial charge in [-0.2, -0.15) is 0 Å². The minimum absolute atomic E-state index is 0.0389. The fourth-order valence-corrected chi connectivity index (χ4v) is 3.27. The summed E-state index contributed by atoms with van der Waals surface area (Å²) in [7, 11) is 0. The summed E-state index contributed by atoms with van der Waals surface area (Å²) in [5.41, 5.74) is 4.16. The molecule has 4 rings (SSSR count). The van der Waals surface area contributed by atoms with Crippen LogP contribution in [0.15, 0.2) is 53.9 Å². The molecule has 1 aliphatic heterocycles. The quantitative estimate of drug-likeness (QED) is 0.783. The predicted molar refractivity (Wildman–Crippen MR) is 90.7 cm³/mol. The van der Waals surface area contributed by atoms with Crippen molar-refractivity contribution in [3.63, 3.8) is 0 Å². The molecule has 5 nitrogen and oxygen atoms in total. The Morgan fingerprint density at radius 3 is 2.83 bits per heavy atom. The number of nitrogens with one attached hydrogen (secondary N) is 1. The molecule has 2 heterocycles. The minimum Gasteiger partial charge on any atom is -0.359 e. The van der Waals surface area contributed by atoms with Gasteiger partial charge in [-0.15, -0.1) is 5.10 Å². The van der Waals surface area contributed by atoms with Crippen LogP contribution in [0.1, 0.15) is 27.8 Å². The van der Waals surface area contributed by atoms with E-state index in [-0.39, 0.29) is 12.1 Å². The molecule has 2 aromatic carbocycles. The predicted octanol–water partition coefficient (Wildman–Crippen LogP) is 3.62. The van der Waals surface area contributed by atoms with Crippen LogP contribution in [0.2, 0.25) is 0 Å². The van der Waals surface area contributed by atoms with Gasteiger partial charge in [0, 0.05) is 16.8 Å². The smallest absolute Gasteiger partial charge is 0.262 e. The third-order valence-electron chi connectivity index (χ3n) is 3.86. The van der Waals surface area contributed by atoms with Crippen molar-refractivity contribution in [1.29, 1.82) is 0 Å². The Labute approximate surface area is 137 Å². The second-order valence-electron chi connectivity index (χ2n) is 5.44. The van der Waals surface area contributed by atoms with Gasteiger partial charge in [0.15, 0.2) is 6.17 Å². The maximum atomic E-state index is 13.1. The number of carbonyl (C=O) groups is 1. The molecule has 0 radical (unpaired) electrons. The van der Waals surface area contributed by atoms with E-state index in [0.29, 0.717) is 5.56 Å². The van der Waals surface area contributed by atoms with Crippen LogP contribution >= 0.6 is 11.5 Å². The third kappa shape index (κ3) is 2.37. The van der Waals surface area contributed by atoms with Crippen molar-refractivity contribution in [3.05, 3.63) is 70.7 Å². The van der Waals surface area contributed by atoms with Crippen molar-refractivity contribution < 1.29 is 4.79 Å². The highest BCUT2D eigenvalue weighted by Gasteiger charge is 2.35. The monoisotopic (exact) mass is 322 g/mol. The number of hydrogen-bond donors (Lipinski definition) is 1. The van der Waals surface area contributed by atoms with E-state index in [0.717, 1.165) is 22.6 Å². The Morgan fingerprint density at radius 1 is 1.17 bits per heavy atom. The maximum absolute atomic E-state index is 13.1. The lowest BCUT2D eigenvalue weighted by Crippen LogP contribution is -2.43. The van der Waals surface area contributed by atoms with Gasteiger partial charge in [0.05, 0.1) is 5.56 Å². The molecule has 1 atom stereocenters. The fraction of sp³-hybridized carbons (Fsp3) is 0.118. The number of aryl methyl sites for hydroxylation is 1. The van der Waals surface area contributed by atoms with Crippen LogP contribution in [0.25, 0.3) is 0 Å². The third-order valence-corrected chi connectivity index (χ3v) is 4.39. The maximum Gasteiger partial charge on any atom is 0.262 e. The number of carbonyl (C=O) groups excluding carboxylic acids is 1. The number of fused-ring (bicyclic) bond motifs is 1. The van der Waals surface area contributed by atoms with Crippen LogP contribution in [0.4, 0.5) is 11.4 Å². The normalized spacial score (nSPS) is 16.8. The molecule has 0 aliphatic carbocycles. The molecule has 0 saturated heterocycles. The molecule has 0 bridgehead atoms. The lowest BCUT2D eigenvalue weighted by Gasteiger charge is -2.36. The topological polar surface area (TPSA) is 58.1 Å². The average Bonchev–Trinajstić information content (AvgIpc) is 3.09. The van der Waals surface area contributed by atoms with Gasteiger partial charge in [-0.25, -0.2) is 0 Å². The SMILES string of the molecule is Cc1cccc(N2C(=O)c3ccccc3NC2c2csnn2)c1. The number of hydrogen-bond acceptors (Lipinski definition) is 5. The summed E-state index contributed by atoms with van der Waals surface area (Å²) in [6, 6.07) is 15.4. The number of aromatic nitrogens is 2. The zero-order valence-corrected chi connectivity index (χ0v) is 13.2. The molecule has 23 heavy (non-hydrogen) atoms. The number of amides is 1. The molecule has 0 spiro atoms. The van der Waals surface area contributed by atoms with Crippen molar-refractivity contribution in [2.45, 2.75) is 13.1 Å². The summed E-state index contributed by atoms with van der Waals surface area (Å²) in [6.07, 6.45) is -0.363. The van der Waals surface area contributed by atoms with Crippen molar-refractivity contribution in [1.82, 2.24) is 9.59 Å². The molecule has 0 saturated carbocycles. The first-order chi connectivity index (χ1) is 11.2. The van der Waals surface area contributed by atoms with Crippen LogP contribution in [-0.2, 0) is 0 Å². The van der Waals surface area contributed by atoms with E-state index in [1.165, 1.54) is 11.5 Å². The number of anilines is 2. The second-order valence-corrected chi connectivity index (χ2v) is 6.05. The Kier molecular flexibility index (Phi) is 3.31. The summed E-state index contributed by atoms with van der Waals surface area (Å²) in [4.78, 5) is 14.8. The summed E-state index contributed by atoms with van der Waals surface area (Å²) >= 11 is 1.28. The summed E-state index contributed by atoms with van der Waals surface area (Å²) < 4.78 is 3.94. The van der Waals surface area contributed by atoms with E-state index < -0.39 is 0 Å². The summed E-state index contributed by atoms with van der Waals surface area (Å²) in [5, 5.41) is 9.43. The molecule has 1 N–H and O–H groups in total. The van der Waals surface area contributed by atoms with E-state index >= 15 is 0 Å². The highest BCUT2D eigenvalue weighted by atomic mass is 32.1. The zero-order valence-electron chi connectivity index (χ0n) is 12.4. The molecule has 1 unspecified atom stereocenters. The second kappa shape index (κ2) is 5.48. The number of rotatable bonds is 2. The average molecular weight is 322 g/mol. The number of nitrogens with zero attached hydrogens (tertiary/aromatic N) is 3. The molecular formula is C17H14N4OS. The Balaban J connectivity index is 1.87. The van der Waals surface area contributed by atoms with Crippen LogP contribution in [-0.4, -0.2) is 15.5 Å². The lowest BCUT2D eigenvalue weighted by atomic mass is 10.0. The van der Waals surface area contributed by atoms with Gasteiger partial charge in [-0.1, -0.05) is 28.8 Å². The van der Waals surface area contributed by atoms with Gasteiger partial charge in [0.2, 0.25) is 0 Å². The largest absolute Gasteiger partial charge is 0.359 e. The van der Waals surface area contributed by atoms with Gasteiger partial charge in [0.1, 0.15) is 5.69 Å². The van der Waals surface area contributed by atoms with Gasteiger partial charge >= 0.3 is 0 Å². The van der Waals surface area contributed by atoms with Crippen molar-refractivity contribution in [2.75, 3.05) is 10.2 Å². The van der Waals surface area contributed by atoms with Crippen molar-refractivity contribution in [3.8, 4) is 0 Å². The molecule has 1 aromatic heterocycles. The Morgan fingerprint density at radius 2 is 2.04 bits per heavy atom. The van der Waals surface area contributed by atoms with E-state index in [4.69, 9.17) is 0 Å². The van der Waals surface area contributed by atoms with Crippen LogP contribution in [0, 0.1) is 6.92 Å². The minimum atomic E-state index is -0.363. The first-order valence-electron chi connectivity index (χ1n) is 7.27. The van der Waals surface area contributed by atoms with Crippen LogP contribution in [0.3, 0.4) is 0 Å². The Bertz CT molecular complexity index is 863. The zero-order chi connectivity index (χ0) is 15.8. The van der Waals surface area contributed by atoms with E-state index in [9.17, 15) is 4.79 Å². The van der Waals surface area contributed by atoms with Crippen LogP contribution in [0.5, 0.6) is 0 Å². The summed E-state index contributed by atoms with van der Waals surface area (Å²) in [5.74, 6) is -0.0389. The molecule has 1 aliphatic rings. The van der Waals surface area contributed by atoms with Crippen LogP contribution < -0.4 is 10.2 Å². The molecule has 3 aromatic rings. The van der Waals surface area contributed by atoms with Gasteiger partial charge in [0.25, 0.3) is 5.91 Å². The van der Waals surface area contributed by atoms with Crippen molar-refractivity contribution in [2.24, 2.45) is 0 Å². The van der Waals surface area contributed by atoms with E-state index in [1.807, 2.05) is 60.8 Å². The van der Waals surface area contributed by atoms with Gasteiger partial charge < -0.3 is 5.32 Å². The first kappa shape index (κ1) is 13.9. The highest BCUT2D eigenvalue weighted by Crippen LogP contribution is 2.36. The van der Waals surface area contributed by atoms with E-state index in [1.54, 1.807) is 4.90 Å². The standard InChI is InChI=1S/C17H14N4OS/c1-11-5-4-6-12(9-11)21-16(15-10-23-20-19-15)18-14-8-3-2-7-13(14)17(21)22/h2-10,16,18H,1H3. The lowest BCUT2D eigenvalue weighted by molar-refractivity contribution is 0.0974. The molecular weight excluding hydrogens is 308 g/mol. The number of benzene rings is 2. The summed E-state index contributed by atoms with van der Waals surface area (Å²) in [6.45, 7) is 2.01. The molecule has 1 amide bonds. The fourth-order valence-electron chi connectivity index (χ4n) is 2.80. The van der Waals surface area contributed by atoms with E-state index in [2.05, 4.69) is 14.9 Å². The number of para-hydroxylation sites is 1. The highest BCUT2D eigenvalue weighted by molar-refractivity contribution is 7.03. The molecule has 0 fully saturated rings.